The van der Waals surface area contributed by atoms with E-state index >= 15 is 0 Å². The van der Waals surface area contributed by atoms with Gasteiger partial charge in [-0.2, -0.15) is 0 Å². The van der Waals surface area contributed by atoms with E-state index in [1.807, 2.05) is 32.0 Å². The zero-order valence-corrected chi connectivity index (χ0v) is 8.93. The van der Waals surface area contributed by atoms with Crippen LogP contribution in [-0.4, -0.2) is 5.11 Å². The van der Waals surface area contributed by atoms with Gasteiger partial charge in [-0.25, -0.2) is 0 Å². The Balaban J connectivity index is 3.07. The van der Waals surface area contributed by atoms with Crippen LogP contribution in [0.5, 0.6) is 0 Å². The lowest BCUT2D eigenvalue weighted by molar-refractivity contribution is 0.173. The lowest BCUT2D eigenvalue weighted by atomic mass is 10.1. The molecule has 12 heavy (non-hydrogen) atoms. The maximum absolute atomic E-state index is 9.60. The molecular weight excluding hydrogens is 216 g/mol. The zero-order valence-electron chi connectivity index (χ0n) is 7.34. The highest BCUT2D eigenvalue weighted by Crippen LogP contribution is 2.27. The predicted octanol–water partition coefficient (Wildman–Crippen LogP) is 3.20. The highest BCUT2D eigenvalue weighted by molar-refractivity contribution is 9.10. The van der Waals surface area contributed by atoms with Crippen LogP contribution in [0, 0.1) is 6.92 Å². The van der Waals surface area contributed by atoms with Crippen LogP contribution >= 0.6 is 15.9 Å². The first-order chi connectivity index (χ1) is 5.66. The molecule has 0 bridgehead atoms. The first kappa shape index (κ1) is 9.75. The summed E-state index contributed by atoms with van der Waals surface area (Å²) in [5.74, 6) is 0. The van der Waals surface area contributed by atoms with Crippen LogP contribution < -0.4 is 0 Å². The van der Waals surface area contributed by atoms with Crippen molar-refractivity contribution in [3.63, 3.8) is 0 Å². The molecule has 0 fully saturated rings. The molecule has 1 aromatic carbocycles. The van der Waals surface area contributed by atoms with Crippen molar-refractivity contribution in [2.24, 2.45) is 0 Å². The fourth-order valence-corrected chi connectivity index (χ4v) is 1.68. The van der Waals surface area contributed by atoms with Crippen LogP contribution in [0.1, 0.15) is 30.6 Å². The lowest BCUT2D eigenvalue weighted by Gasteiger charge is -2.11. The van der Waals surface area contributed by atoms with Crippen molar-refractivity contribution in [1.82, 2.24) is 0 Å². The molecule has 2 heteroatoms. The zero-order chi connectivity index (χ0) is 9.14. The molecule has 1 atom stereocenters. The summed E-state index contributed by atoms with van der Waals surface area (Å²) in [7, 11) is 0. The maximum atomic E-state index is 9.60. The highest BCUT2D eigenvalue weighted by atomic mass is 79.9. The largest absolute Gasteiger partial charge is 0.388 e. The van der Waals surface area contributed by atoms with Gasteiger partial charge < -0.3 is 5.11 Å². The van der Waals surface area contributed by atoms with E-state index in [-0.39, 0.29) is 6.10 Å². The fraction of sp³-hybridized carbons (Fsp3) is 0.400. The Morgan fingerprint density at radius 1 is 1.50 bits per heavy atom. The van der Waals surface area contributed by atoms with Crippen molar-refractivity contribution < 1.29 is 5.11 Å². The van der Waals surface area contributed by atoms with Gasteiger partial charge in [0.2, 0.25) is 0 Å². The van der Waals surface area contributed by atoms with Crippen LogP contribution in [0.2, 0.25) is 0 Å². The van der Waals surface area contributed by atoms with Gasteiger partial charge in [-0.1, -0.05) is 41.1 Å². The van der Waals surface area contributed by atoms with E-state index in [2.05, 4.69) is 15.9 Å². The molecule has 0 heterocycles. The monoisotopic (exact) mass is 228 g/mol. The number of aliphatic hydroxyl groups is 1. The second kappa shape index (κ2) is 4.06. The van der Waals surface area contributed by atoms with Gasteiger partial charge in [-0.15, -0.1) is 0 Å². The minimum absolute atomic E-state index is 0.348. The van der Waals surface area contributed by atoms with Gasteiger partial charge in [0.05, 0.1) is 6.10 Å². The Bertz CT molecular complexity index is 271. The second-order valence-electron chi connectivity index (χ2n) is 2.90. The van der Waals surface area contributed by atoms with Crippen LogP contribution in [0.3, 0.4) is 0 Å². The van der Waals surface area contributed by atoms with Gasteiger partial charge in [0.1, 0.15) is 0 Å². The molecular formula is C10H13BrO. The molecule has 1 aromatic rings. The molecule has 0 radical (unpaired) electrons. The van der Waals surface area contributed by atoms with Gasteiger partial charge in [0.25, 0.3) is 0 Å². The van der Waals surface area contributed by atoms with Gasteiger partial charge in [0, 0.05) is 4.47 Å². The minimum atomic E-state index is -0.348. The third kappa shape index (κ3) is 1.87. The Morgan fingerprint density at radius 3 is 2.75 bits per heavy atom. The molecule has 0 saturated heterocycles. The maximum Gasteiger partial charge on any atom is 0.0798 e. The second-order valence-corrected chi connectivity index (χ2v) is 3.70. The van der Waals surface area contributed by atoms with E-state index in [4.69, 9.17) is 0 Å². The van der Waals surface area contributed by atoms with Gasteiger partial charge in [0.15, 0.2) is 0 Å². The van der Waals surface area contributed by atoms with E-state index in [0.717, 1.165) is 16.5 Å². The fourth-order valence-electron chi connectivity index (χ4n) is 1.15. The van der Waals surface area contributed by atoms with Gasteiger partial charge in [-0.05, 0) is 24.5 Å². The summed E-state index contributed by atoms with van der Waals surface area (Å²) in [6, 6.07) is 5.94. The molecule has 0 aromatic heterocycles. The van der Waals surface area contributed by atoms with Crippen LogP contribution in [0.4, 0.5) is 0 Å². The van der Waals surface area contributed by atoms with E-state index in [9.17, 15) is 5.11 Å². The van der Waals surface area contributed by atoms with Crippen molar-refractivity contribution >= 4 is 15.9 Å². The predicted molar refractivity (Wildman–Crippen MR) is 54.1 cm³/mol. The number of rotatable bonds is 2. The van der Waals surface area contributed by atoms with Crippen molar-refractivity contribution in [3.05, 3.63) is 33.8 Å². The van der Waals surface area contributed by atoms with Crippen LogP contribution in [-0.2, 0) is 0 Å². The minimum Gasteiger partial charge on any atom is -0.388 e. The van der Waals surface area contributed by atoms with Crippen LogP contribution in [0.15, 0.2) is 22.7 Å². The van der Waals surface area contributed by atoms with Gasteiger partial charge in [-0.3, -0.25) is 0 Å². The Morgan fingerprint density at radius 2 is 2.17 bits per heavy atom. The molecule has 1 N–H and O–H groups in total. The normalized spacial score (nSPS) is 13.0. The average molecular weight is 229 g/mol. The number of hydrogen-bond donors (Lipinski definition) is 1. The van der Waals surface area contributed by atoms with E-state index in [1.54, 1.807) is 0 Å². The number of halogens is 1. The molecule has 1 nitrogen and oxygen atoms in total. The third-order valence-corrected chi connectivity index (χ3v) is 3.05. The summed E-state index contributed by atoms with van der Waals surface area (Å²) < 4.78 is 1.03. The smallest absolute Gasteiger partial charge is 0.0798 e. The Kier molecular flexibility index (Phi) is 3.29. The molecule has 1 unspecified atom stereocenters. The summed E-state index contributed by atoms with van der Waals surface area (Å²) in [6.07, 6.45) is 0.404. The number of benzene rings is 1. The summed E-state index contributed by atoms with van der Waals surface area (Å²) >= 11 is 3.46. The molecule has 1 rings (SSSR count). The molecule has 0 spiro atoms. The molecule has 66 valence electrons. The van der Waals surface area contributed by atoms with Crippen molar-refractivity contribution in [1.29, 1.82) is 0 Å². The van der Waals surface area contributed by atoms with Crippen LogP contribution in [0.25, 0.3) is 0 Å². The SMILES string of the molecule is CCC(O)c1cccc(C)c1Br. The highest BCUT2D eigenvalue weighted by Gasteiger charge is 2.09. The molecule has 0 aliphatic heterocycles. The first-order valence-electron chi connectivity index (χ1n) is 4.10. The molecule has 0 aliphatic carbocycles. The van der Waals surface area contributed by atoms with E-state index in [0.29, 0.717) is 0 Å². The van der Waals surface area contributed by atoms with Crippen molar-refractivity contribution in [2.75, 3.05) is 0 Å². The standard InChI is InChI=1S/C10H13BrO/c1-3-9(12)8-6-4-5-7(2)10(8)11/h4-6,9,12H,3H2,1-2H3. The lowest BCUT2D eigenvalue weighted by Crippen LogP contribution is -1.97. The molecule has 0 amide bonds. The summed E-state index contributed by atoms with van der Waals surface area (Å²) in [6.45, 7) is 4.00. The molecule has 0 aliphatic rings. The molecule has 0 saturated carbocycles. The first-order valence-corrected chi connectivity index (χ1v) is 4.89. The number of hydrogen-bond acceptors (Lipinski definition) is 1. The average Bonchev–Trinajstić information content (AvgIpc) is 2.08. The van der Waals surface area contributed by atoms with Gasteiger partial charge >= 0.3 is 0 Å². The number of aryl methyl sites for hydroxylation is 1. The Labute approximate surface area is 81.6 Å². The number of aliphatic hydroxyl groups excluding tert-OH is 1. The van der Waals surface area contributed by atoms with E-state index in [1.165, 1.54) is 5.56 Å². The summed E-state index contributed by atoms with van der Waals surface area (Å²) in [4.78, 5) is 0. The Hall–Kier alpha value is -0.340. The van der Waals surface area contributed by atoms with Crippen molar-refractivity contribution in [3.8, 4) is 0 Å². The van der Waals surface area contributed by atoms with E-state index < -0.39 is 0 Å². The summed E-state index contributed by atoms with van der Waals surface area (Å²) in [5.41, 5.74) is 2.15. The quantitative estimate of drug-likeness (QED) is 0.825. The van der Waals surface area contributed by atoms with Crippen molar-refractivity contribution in [2.45, 2.75) is 26.4 Å². The third-order valence-electron chi connectivity index (χ3n) is 1.97. The topological polar surface area (TPSA) is 20.2 Å². The summed E-state index contributed by atoms with van der Waals surface area (Å²) in [5, 5.41) is 9.60.